The first-order chi connectivity index (χ1) is 10.4. The van der Waals surface area contributed by atoms with E-state index in [0.29, 0.717) is 10.7 Å². The number of benzene rings is 2. The minimum atomic E-state index is -3.74. The average molecular weight is 355 g/mol. The van der Waals surface area contributed by atoms with Crippen LogP contribution in [0.4, 0.5) is 5.69 Å². The van der Waals surface area contributed by atoms with E-state index in [2.05, 4.69) is 4.72 Å². The molecule has 0 bridgehead atoms. The Morgan fingerprint density at radius 2 is 1.77 bits per heavy atom. The molecule has 0 unspecified atom stereocenters. The van der Waals surface area contributed by atoms with Crippen LogP contribution in [-0.2, 0) is 17.1 Å². The molecule has 0 spiro atoms. The smallest absolute Gasteiger partial charge is 0.262 e. The van der Waals surface area contributed by atoms with Crippen molar-refractivity contribution in [2.45, 2.75) is 4.90 Å². The summed E-state index contributed by atoms with van der Waals surface area (Å²) in [5.74, 6) is 0. The Kier molecular flexibility index (Phi) is 3.80. The number of hydrogen-bond donors (Lipinski definition) is 1. The van der Waals surface area contributed by atoms with Gasteiger partial charge in [0.15, 0.2) is 0 Å². The maximum absolute atomic E-state index is 12.5. The maximum atomic E-state index is 12.5. The normalized spacial score (nSPS) is 11.8. The molecule has 0 aliphatic carbocycles. The molecule has 0 fully saturated rings. The zero-order valence-corrected chi connectivity index (χ0v) is 13.9. The lowest BCUT2D eigenvalue weighted by Crippen LogP contribution is -2.12. The topological polar surface area (TPSA) is 51.1 Å². The zero-order chi connectivity index (χ0) is 15.9. The summed E-state index contributed by atoms with van der Waals surface area (Å²) in [5, 5.41) is 1.34. The maximum Gasteiger partial charge on any atom is 0.262 e. The van der Waals surface area contributed by atoms with Crippen molar-refractivity contribution in [2.75, 3.05) is 4.72 Å². The van der Waals surface area contributed by atoms with E-state index >= 15 is 0 Å². The summed E-state index contributed by atoms with van der Waals surface area (Å²) in [6.45, 7) is 0. The second-order valence-electron chi connectivity index (χ2n) is 4.85. The fourth-order valence-electron chi connectivity index (χ4n) is 2.27. The van der Waals surface area contributed by atoms with Crippen molar-refractivity contribution in [3.63, 3.8) is 0 Å². The second kappa shape index (κ2) is 5.50. The van der Waals surface area contributed by atoms with Crippen molar-refractivity contribution in [1.29, 1.82) is 0 Å². The van der Waals surface area contributed by atoms with Crippen LogP contribution in [0.1, 0.15) is 0 Å². The summed E-state index contributed by atoms with van der Waals surface area (Å²) >= 11 is 11.7. The van der Waals surface area contributed by atoms with Crippen molar-refractivity contribution in [3.05, 3.63) is 58.7 Å². The molecule has 0 radical (unpaired) electrons. The molecule has 22 heavy (non-hydrogen) atoms. The molecule has 0 saturated heterocycles. The van der Waals surface area contributed by atoms with Crippen LogP contribution < -0.4 is 4.72 Å². The molecular formula is C15H12Cl2N2O2S. The first-order valence-electron chi connectivity index (χ1n) is 6.40. The van der Waals surface area contributed by atoms with Crippen molar-refractivity contribution in [2.24, 2.45) is 7.05 Å². The lowest BCUT2D eigenvalue weighted by atomic mass is 10.2. The van der Waals surface area contributed by atoms with Gasteiger partial charge in [-0.15, -0.1) is 0 Å². The number of hydrogen-bond acceptors (Lipinski definition) is 2. The summed E-state index contributed by atoms with van der Waals surface area (Å²) < 4.78 is 29.4. The number of aryl methyl sites for hydroxylation is 1. The first-order valence-corrected chi connectivity index (χ1v) is 8.64. The molecule has 0 aliphatic rings. The van der Waals surface area contributed by atoms with E-state index in [1.807, 2.05) is 35.9 Å². The van der Waals surface area contributed by atoms with E-state index in [0.717, 1.165) is 10.9 Å². The predicted molar refractivity (Wildman–Crippen MR) is 90.2 cm³/mol. The lowest BCUT2D eigenvalue weighted by molar-refractivity contribution is 0.601. The molecule has 0 amide bonds. The number of anilines is 1. The molecule has 2 aromatic carbocycles. The summed E-state index contributed by atoms with van der Waals surface area (Å²) in [4.78, 5) is 0.0647. The monoisotopic (exact) mass is 354 g/mol. The van der Waals surface area contributed by atoms with Crippen LogP contribution in [0.2, 0.25) is 10.0 Å². The Labute approximate surface area is 138 Å². The Hall–Kier alpha value is -1.69. The van der Waals surface area contributed by atoms with Crippen LogP contribution >= 0.6 is 23.2 Å². The van der Waals surface area contributed by atoms with Crippen LogP contribution in [0.3, 0.4) is 0 Å². The van der Waals surface area contributed by atoms with Gasteiger partial charge in [-0.25, -0.2) is 8.42 Å². The van der Waals surface area contributed by atoms with Crippen molar-refractivity contribution >= 4 is 49.8 Å². The highest BCUT2D eigenvalue weighted by Gasteiger charge is 2.18. The number of nitrogens with zero attached hydrogens (tertiary/aromatic N) is 1. The van der Waals surface area contributed by atoms with E-state index < -0.39 is 10.0 Å². The molecule has 114 valence electrons. The number of rotatable bonds is 3. The summed E-state index contributed by atoms with van der Waals surface area (Å²) in [6, 6.07) is 11.8. The first kappa shape index (κ1) is 15.2. The SMILES string of the molecule is Cn1cc(NS(=O)(=O)c2ccc(Cl)c(Cl)c2)c2ccccc21. The van der Waals surface area contributed by atoms with Gasteiger partial charge in [0, 0.05) is 24.1 Å². The third-order valence-electron chi connectivity index (χ3n) is 3.34. The number of sulfonamides is 1. The molecule has 1 aromatic heterocycles. The minimum absolute atomic E-state index is 0.0647. The van der Waals surface area contributed by atoms with Crippen LogP contribution in [0, 0.1) is 0 Å². The molecular weight excluding hydrogens is 343 g/mol. The zero-order valence-electron chi connectivity index (χ0n) is 11.5. The van der Waals surface area contributed by atoms with Crippen molar-refractivity contribution in [1.82, 2.24) is 4.57 Å². The quantitative estimate of drug-likeness (QED) is 0.762. The number of para-hydroxylation sites is 1. The molecule has 3 aromatic rings. The highest BCUT2D eigenvalue weighted by Crippen LogP contribution is 2.29. The van der Waals surface area contributed by atoms with E-state index in [4.69, 9.17) is 23.2 Å². The van der Waals surface area contributed by atoms with E-state index in [9.17, 15) is 8.42 Å². The Morgan fingerprint density at radius 1 is 1.05 bits per heavy atom. The van der Waals surface area contributed by atoms with E-state index in [-0.39, 0.29) is 9.92 Å². The van der Waals surface area contributed by atoms with E-state index in [1.54, 1.807) is 6.20 Å². The fourth-order valence-corrected chi connectivity index (χ4v) is 3.72. The van der Waals surface area contributed by atoms with Crippen LogP contribution in [0.5, 0.6) is 0 Å². The van der Waals surface area contributed by atoms with Gasteiger partial charge in [0.05, 0.1) is 20.6 Å². The van der Waals surface area contributed by atoms with Crippen molar-refractivity contribution in [3.8, 4) is 0 Å². The molecule has 0 atom stereocenters. The highest BCUT2D eigenvalue weighted by molar-refractivity contribution is 7.92. The van der Waals surface area contributed by atoms with Gasteiger partial charge in [-0.1, -0.05) is 41.4 Å². The molecule has 4 nitrogen and oxygen atoms in total. The van der Waals surface area contributed by atoms with Gasteiger partial charge in [-0.05, 0) is 24.3 Å². The van der Waals surface area contributed by atoms with Gasteiger partial charge in [-0.2, -0.15) is 0 Å². The van der Waals surface area contributed by atoms with Crippen molar-refractivity contribution < 1.29 is 8.42 Å². The number of aromatic nitrogens is 1. The number of nitrogens with one attached hydrogen (secondary N) is 1. The predicted octanol–water partition coefficient (Wildman–Crippen LogP) is 4.29. The molecule has 3 rings (SSSR count). The summed E-state index contributed by atoms with van der Waals surface area (Å²) in [6.07, 6.45) is 1.74. The molecule has 0 saturated carbocycles. The highest BCUT2D eigenvalue weighted by atomic mass is 35.5. The third kappa shape index (κ3) is 2.67. The third-order valence-corrected chi connectivity index (χ3v) is 5.44. The van der Waals surface area contributed by atoms with Crippen LogP contribution in [-0.4, -0.2) is 13.0 Å². The largest absolute Gasteiger partial charge is 0.348 e. The fraction of sp³-hybridized carbons (Fsp3) is 0.0667. The summed E-state index contributed by atoms with van der Waals surface area (Å²) in [5.41, 5.74) is 1.46. The van der Waals surface area contributed by atoms with Gasteiger partial charge in [0.1, 0.15) is 0 Å². The molecule has 0 aliphatic heterocycles. The Balaban J connectivity index is 2.05. The van der Waals surface area contributed by atoms with Crippen LogP contribution in [0.25, 0.3) is 10.9 Å². The minimum Gasteiger partial charge on any atom is -0.348 e. The Morgan fingerprint density at radius 3 is 2.50 bits per heavy atom. The molecule has 1 heterocycles. The summed E-state index contributed by atoms with van der Waals surface area (Å²) in [7, 11) is -1.88. The molecule has 1 N–H and O–H groups in total. The second-order valence-corrected chi connectivity index (χ2v) is 7.35. The van der Waals surface area contributed by atoms with Gasteiger partial charge in [0.2, 0.25) is 0 Å². The lowest BCUT2D eigenvalue weighted by Gasteiger charge is -2.08. The van der Waals surface area contributed by atoms with E-state index in [1.165, 1.54) is 18.2 Å². The molecule has 7 heteroatoms. The van der Waals surface area contributed by atoms with Gasteiger partial charge < -0.3 is 4.57 Å². The average Bonchev–Trinajstić information content (AvgIpc) is 2.78. The van der Waals surface area contributed by atoms with Gasteiger partial charge in [0.25, 0.3) is 10.0 Å². The number of fused-ring (bicyclic) bond motifs is 1. The Bertz CT molecular complexity index is 965. The van der Waals surface area contributed by atoms with Gasteiger partial charge in [-0.3, -0.25) is 4.72 Å². The standard InChI is InChI=1S/C15H12Cl2N2O2S/c1-19-9-14(11-4-2-3-5-15(11)19)18-22(20,21)10-6-7-12(16)13(17)8-10/h2-9,18H,1H3. The van der Waals surface area contributed by atoms with Gasteiger partial charge >= 0.3 is 0 Å². The number of halogens is 2. The van der Waals surface area contributed by atoms with Crippen LogP contribution in [0.15, 0.2) is 53.6 Å².